The molecule has 112 valence electrons. The second kappa shape index (κ2) is 7.49. The van der Waals surface area contributed by atoms with Gasteiger partial charge in [0.15, 0.2) is 10.1 Å². The molecule has 3 rings (SSSR count). The molecule has 22 heavy (non-hydrogen) atoms. The number of hydrogen-bond donors (Lipinski definition) is 1. The van der Waals surface area contributed by atoms with E-state index in [1.54, 1.807) is 24.3 Å². The monoisotopic (exact) mass is 394 g/mol. The fourth-order valence-electron chi connectivity index (χ4n) is 1.79. The number of nitrogen functional groups attached to an aromatic ring is 1. The van der Waals surface area contributed by atoms with E-state index in [9.17, 15) is 0 Å². The first kappa shape index (κ1) is 16.6. The maximum atomic E-state index is 5.84. The maximum absolute atomic E-state index is 5.84. The minimum absolute atomic E-state index is 0. The van der Waals surface area contributed by atoms with Gasteiger partial charge in [0.2, 0.25) is 0 Å². The molecule has 0 fully saturated rings. The summed E-state index contributed by atoms with van der Waals surface area (Å²) in [5.41, 5.74) is 8.24. The zero-order chi connectivity index (χ0) is 14.7. The molecule has 2 N–H and O–H groups in total. The van der Waals surface area contributed by atoms with Crippen molar-refractivity contribution in [3.8, 4) is 11.3 Å². The lowest BCUT2D eigenvalue weighted by molar-refractivity contribution is 1.24. The van der Waals surface area contributed by atoms with Gasteiger partial charge in [-0.25, -0.2) is 4.98 Å². The molecule has 0 saturated heterocycles. The molecule has 0 aliphatic rings. The van der Waals surface area contributed by atoms with E-state index in [-0.39, 0.29) is 17.0 Å². The first-order valence-corrected chi connectivity index (χ1v) is 7.41. The number of benzene rings is 2. The summed E-state index contributed by atoms with van der Waals surface area (Å²) in [6, 6.07) is 16.9. The molecule has 0 saturated carbocycles. The molecular weight excluding hydrogens is 384 g/mol. The Morgan fingerprint density at radius 2 is 1.64 bits per heavy atom. The van der Waals surface area contributed by atoms with Gasteiger partial charge in [-0.15, -0.1) is 27.2 Å². The molecule has 4 nitrogen and oxygen atoms in total. The molecule has 2 aromatic carbocycles. The highest BCUT2D eigenvalue weighted by atomic mass is 79.9. The fourth-order valence-corrected chi connectivity index (χ4v) is 2.59. The maximum Gasteiger partial charge on any atom is 0.182 e. The molecule has 7 heteroatoms. The third-order valence-corrected chi connectivity index (χ3v) is 3.78. The Hall–Kier alpha value is -1.76. The molecule has 3 aromatic rings. The predicted molar refractivity (Wildman–Crippen MR) is 97.9 cm³/mol. The van der Waals surface area contributed by atoms with Crippen LogP contribution in [0, 0.1) is 0 Å². The van der Waals surface area contributed by atoms with Crippen molar-refractivity contribution in [1.82, 2.24) is 4.98 Å². The Bertz CT molecular complexity index is 772. The number of nitrogens with two attached hydrogens (primary N) is 1. The van der Waals surface area contributed by atoms with E-state index in [4.69, 9.17) is 17.3 Å². The Morgan fingerprint density at radius 3 is 2.32 bits per heavy atom. The molecular formula is C15H12BrClN4S. The number of nitrogens with zero attached hydrogens (tertiary/aromatic N) is 3. The van der Waals surface area contributed by atoms with Gasteiger partial charge in [0.25, 0.3) is 0 Å². The molecule has 0 aliphatic carbocycles. The van der Waals surface area contributed by atoms with Gasteiger partial charge in [-0.2, -0.15) is 0 Å². The summed E-state index contributed by atoms with van der Waals surface area (Å²) in [5, 5.41) is 10.3. The summed E-state index contributed by atoms with van der Waals surface area (Å²) in [7, 11) is 0. The molecule has 1 aromatic heterocycles. The van der Waals surface area contributed by atoms with Crippen molar-refractivity contribution in [2.75, 3.05) is 5.73 Å². The van der Waals surface area contributed by atoms with E-state index in [0.29, 0.717) is 15.2 Å². The van der Waals surface area contributed by atoms with E-state index in [1.807, 2.05) is 30.3 Å². The first-order valence-electron chi connectivity index (χ1n) is 6.21. The minimum Gasteiger partial charge on any atom is -0.375 e. The van der Waals surface area contributed by atoms with Crippen LogP contribution in [-0.2, 0) is 0 Å². The van der Waals surface area contributed by atoms with E-state index < -0.39 is 0 Å². The number of thiazole rings is 1. The van der Waals surface area contributed by atoms with Crippen LogP contribution in [0.5, 0.6) is 0 Å². The highest BCUT2D eigenvalue weighted by Gasteiger charge is 2.11. The van der Waals surface area contributed by atoms with Crippen molar-refractivity contribution in [1.29, 1.82) is 0 Å². The molecule has 0 unspecified atom stereocenters. The van der Waals surface area contributed by atoms with Crippen LogP contribution < -0.4 is 5.73 Å². The highest BCUT2D eigenvalue weighted by Crippen LogP contribution is 2.37. The molecule has 0 spiro atoms. The highest BCUT2D eigenvalue weighted by molar-refractivity contribution is 8.93. The van der Waals surface area contributed by atoms with Crippen molar-refractivity contribution in [2.24, 2.45) is 10.2 Å². The topological polar surface area (TPSA) is 63.6 Å². The summed E-state index contributed by atoms with van der Waals surface area (Å²) in [6.45, 7) is 0. The van der Waals surface area contributed by atoms with Crippen LogP contribution >= 0.6 is 39.9 Å². The molecule has 1 heterocycles. The third-order valence-electron chi connectivity index (χ3n) is 2.76. The second-order valence-corrected chi connectivity index (χ2v) is 5.69. The number of aromatic nitrogens is 1. The van der Waals surface area contributed by atoms with Gasteiger partial charge in [-0.1, -0.05) is 53.3 Å². The van der Waals surface area contributed by atoms with E-state index >= 15 is 0 Å². The van der Waals surface area contributed by atoms with Crippen molar-refractivity contribution >= 4 is 55.7 Å². The van der Waals surface area contributed by atoms with Crippen LogP contribution in [0.25, 0.3) is 11.3 Å². The lowest BCUT2D eigenvalue weighted by atomic mass is 10.2. The number of hydrogen-bond acceptors (Lipinski definition) is 5. The Balaban J connectivity index is 0.00000176. The summed E-state index contributed by atoms with van der Waals surface area (Å²) in [6.07, 6.45) is 0. The van der Waals surface area contributed by atoms with Crippen LogP contribution in [0.4, 0.5) is 15.8 Å². The van der Waals surface area contributed by atoms with Crippen LogP contribution in [0.2, 0.25) is 5.02 Å². The zero-order valence-electron chi connectivity index (χ0n) is 11.3. The zero-order valence-corrected chi connectivity index (χ0v) is 14.6. The Morgan fingerprint density at radius 1 is 0.955 bits per heavy atom. The average molecular weight is 396 g/mol. The van der Waals surface area contributed by atoms with Gasteiger partial charge >= 0.3 is 0 Å². The summed E-state index contributed by atoms with van der Waals surface area (Å²) in [4.78, 5) is 4.33. The standard InChI is InChI=1S/C15H11ClN4S.BrH/c16-11-6-8-12(9-7-11)19-20-14-13(18-15(17)21-14)10-4-2-1-3-5-10;/h1-9H,(H2,17,18);1H. The van der Waals surface area contributed by atoms with E-state index in [1.165, 1.54) is 11.3 Å². The van der Waals surface area contributed by atoms with Gasteiger partial charge in [0.05, 0.1) is 5.69 Å². The quantitative estimate of drug-likeness (QED) is 0.549. The lowest BCUT2D eigenvalue weighted by Crippen LogP contribution is -1.82. The lowest BCUT2D eigenvalue weighted by Gasteiger charge is -1.97. The van der Waals surface area contributed by atoms with Crippen molar-refractivity contribution < 1.29 is 0 Å². The molecule has 0 amide bonds. The van der Waals surface area contributed by atoms with Crippen molar-refractivity contribution in [3.63, 3.8) is 0 Å². The van der Waals surface area contributed by atoms with Gasteiger partial charge in [0, 0.05) is 10.6 Å². The van der Waals surface area contributed by atoms with Gasteiger partial charge in [0.1, 0.15) is 5.69 Å². The largest absolute Gasteiger partial charge is 0.375 e. The van der Waals surface area contributed by atoms with Crippen molar-refractivity contribution in [3.05, 3.63) is 59.6 Å². The molecule has 0 atom stereocenters. The summed E-state index contributed by atoms with van der Waals surface area (Å²) in [5.74, 6) is 0. The van der Waals surface area contributed by atoms with Crippen LogP contribution in [0.1, 0.15) is 0 Å². The third kappa shape index (κ3) is 3.91. The van der Waals surface area contributed by atoms with Gasteiger partial charge in [-0.05, 0) is 24.3 Å². The number of halogens is 2. The van der Waals surface area contributed by atoms with Gasteiger partial charge < -0.3 is 5.73 Å². The van der Waals surface area contributed by atoms with Gasteiger partial charge in [-0.3, -0.25) is 0 Å². The van der Waals surface area contributed by atoms with Crippen LogP contribution in [0.3, 0.4) is 0 Å². The van der Waals surface area contributed by atoms with Crippen LogP contribution in [0.15, 0.2) is 64.8 Å². The van der Waals surface area contributed by atoms with Crippen molar-refractivity contribution in [2.45, 2.75) is 0 Å². The minimum atomic E-state index is 0. The second-order valence-electron chi connectivity index (χ2n) is 4.25. The number of anilines is 1. The predicted octanol–water partition coefficient (Wildman–Crippen LogP) is 6.04. The first-order chi connectivity index (χ1) is 10.2. The average Bonchev–Trinajstić information content (AvgIpc) is 2.89. The normalized spacial score (nSPS) is 10.6. The SMILES string of the molecule is Br.Nc1nc(-c2ccccc2)c(N=Nc2ccc(Cl)cc2)s1. The number of azo groups is 1. The number of rotatable bonds is 3. The summed E-state index contributed by atoms with van der Waals surface area (Å²) >= 11 is 7.15. The smallest absolute Gasteiger partial charge is 0.182 e. The molecule has 0 aliphatic heterocycles. The Labute approximate surface area is 147 Å². The van der Waals surface area contributed by atoms with E-state index in [2.05, 4.69) is 15.2 Å². The van der Waals surface area contributed by atoms with E-state index in [0.717, 1.165) is 16.9 Å². The molecule has 0 bridgehead atoms. The fraction of sp³-hybridized carbons (Fsp3) is 0. The summed E-state index contributed by atoms with van der Waals surface area (Å²) < 4.78 is 0. The van der Waals surface area contributed by atoms with Crippen LogP contribution in [-0.4, -0.2) is 4.98 Å². The molecule has 0 radical (unpaired) electrons. The Kier molecular flexibility index (Phi) is 5.65.